The zero-order chi connectivity index (χ0) is 10.0. The number of carbonyl (C=O) groups excluding carboxylic acids is 1. The van der Waals surface area contributed by atoms with E-state index in [4.69, 9.17) is 0 Å². The van der Waals surface area contributed by atoms with Crippen molar-refractivity contribution < 1.29 is 4.79 Å². The largest absolute Gasteiger partial charge is 0.302 e. The number of rotatable bonds is 3. The van der Waals surface area contributed by atoms with Crippen molar-refractivity contribution in [1.82, 2.24) is 4.90 Å². The van der Waals surface area contributed by atoms with Crippen LogP contribution in [-0.4, -0.2) is 31.3 Å². The monoisotopic (exact) mass is 325 g/mol. The van der Waals surface area contributed by atoms with Crippen molar-refractivity contribution in [3.63, 3.8) is 0 Å². The molecule has 0 fully saturated rings. The van der Waals surface area contributed by atoms with Gasteiger partial charge in [-0.2, -0.15) is 0 Å². The van der Waals surface area contributed by atoms with Gasteiger partial charge in [-0.05, 0) is 52.0 Å². The lowest BCUT2D eigenvalue weighted by Crippen LogP contribution is -2.21. The van der Waals surface area contributed by atoms with E-state index in [0.717, 1.165) is 13.1 Å². The van der Waals surface area contributed by atoms with Gasteiger partial charge in [0, 0.05) is 5.56 Å². The molecule has 0 atom stereocenters. The lowest BCUT2D eigenvalue weighted by atomic mass is 10.2. The predicted octanol–water partition coefficient (Wildman–Crippen LogP) is 3.02. The van der Waals surface area contributed by atoms with Crippen molar-refractivity contribution in [2.75, 3.05) is 20.6 Å². The van der Waals surface area contributed by atoms with Gasteiger partial charge in [0.1, 0.15) is 0 Å². The average molecular weight is 327 g/mol. The third kappa shape index (κ3) is 3.16. The van der Waals surface area contributed by atoms with Gasteiger partial charge in [-0.25, -0.2) is 0 Å². The minimum Gasteiger partial charge on any atom is -0.302 e. The summed E-state index contributed by atoms with van der Waals surface area (Å²) in [5, 5.41) is 0. The molecule has 0 amide bonds. The number of nitrogens with zero attached hydrogens (tertiary/aromatic N) is 1. The molecule has 0 aliphatic heterocycles. The van der Waals surface area contributed by atoms with Crippen LogP contribution in [0.3, 0.4) is 0 Å². The summed E-state index contributed by atoms with van der Waals surface area (Å²) in [4.78, 5) is 13.5. The zero-order valence-electron chi connectivity index (χ0n) is 7.30. The van der Waals surface area contributed by atoms with Gasteiger partial charge in [-0.1, -0.05) is 0 Å². The molecule has 0 bridgehead atoms. The highest BCUT2D eigenvalue weighted by Crippen LogP contribution is 2.32. The molecule has 2 nitrogen and oxygen atoms in total. The maximum absolute atomic E-state index is 11.6. The second kappa shape index (κ2) is 4.68. The minimum atomic E-state index is 0.138. The van der Waals surface area contributed by atoms with Crippen LogP contribution >= 0.6 is 43.2 Å². The van der Waals surface area contributed by atoms with Crippen LogP contribution in [0, 0.1) is 0 Å². The fourth-order valence-corrected chi connectivity index (χ4v) is 3.76. The van der Waals surface area contributed by atoms with Gasteiger partial charge >= 0.3 is 0 Å². The van der Waals surface area contributed by atoms with Crippen LogP contribution in [0.25, 0.3) is 0 Å². The Bertz CT molecular complexity index is 322. The number of halogens is 2. The van der Waals surface area contributed by atoms with E-state index < -0.39 is 0 Å². The van der Waals surface area contributed by atoms with Gasteiger partial charge in [0.25, 0.3) is 0 Å². The number of Topliss-reactive ketones (excluding diaryl/α,β-unsaturated/α-hetero) is 1. The SMILES string of the molecule is CN(C)CC(=O)c1cc(Br)sc1Br. The van der Waals surface area contributed by atoms with E-state index in [-0.39, 0.29) is 5.78 Å². The van der Waals surface area contributed by atoms with Crippen molar-refractivity contribution in [3.8, 4) is 0 Å². The highest BCUT2D eigenvalue weighted by Gasteiger charge is 2.13. The van der Waals surface area contributed by atoms with E-state index in [1.165, 1.54) is 11.3 Å². The number of likely N-dealkylation sites (N-methyl/N-ethyl adjacent to an activating group) is 1. The van der Waals surface area contributed by atoms with Gasteiger partial charge in [0.05, 0.1) is 14.1 Å². The smallest absolute Gasteiger partial charge is 0.178 e. The first kappa shape index (κ1) is 11.4. The maximum Gasteiger partial charge on any atom is 0.178 e. The van der Waals surface area contributed by atoms with E-state index in [0.29, 0.717) is 6.54 Å². The first-order chi connectivity index (χ1) is 6.00. The number of ketones is 1. The van der Waals surface area contributed by atoms with E-state index in [9.17, 15) is 4.79 Å². The van der Waals surface area contributed by atoms with E-state index in [1.807, 2.05) is 25.1 Å². The summed E-state index contributed by atoms with van der Waals surface area (Å²) in [7, 11) is 3.76. The molecule has 0 aliphatic rings. The van der Waals surface area contributed by atoms with E-state index >= 15 is 0 Å². The average Bonchev–Trinajstić information content (AvgIpc) is 2.28. The molecular formula is C8H9Br2NOS. The van der Waals surface area contributed by atoms with E-state index in [2.05, 4.69) is 31.9 Å². The highest BCUT2D eigenvalue weighted by atomic mass is 79.9. The van der Waals surface area contributed by atoms with Gasteiger partial charge < -0.3 is 4.90 Å². The molecule has 13 heavy (non-hydrogen) atoms. The summed E-state index contributed by atoms with van der Waals surface area (Å²) in [6, 6.07) is 1.85. The Morgan fingerprint density at radius 1 is 1.54 bits per heavy atom. The van der Waals surface area contributed by atoms with Crippen molar-refractivity contribution in [2.24, 2.45) is 0 Å². The molecule has 0 saturated heterocycles. The standard InChI is InChI=1S/C8H9Br2NOS/c1-11(2)4-6(12)5-3-7(9)13-8(5)10/h3H,4H2,1-2H3. The summed E-state index contributed by atoms with van der Waals surface area (Å²) in [6.45, 7) is 0.446. The molecule has 1 rings (SSSR count). The predicted molar refractivity (Wildman–Crippen MR) is 62.6 cm³/mol. The Balaban J connectivity index is 2.82. The Hall–Kier alpha value is 0.290. The summed E-state index contributed by atoms with van der Waals surface area (Å²) >= 11 is 8.22. The molecule has 0 saturated carbocycles. The molecule has 0 spiro atoms. The van der Waals surface area contributed by atoms with Gasteiger partial charge in [-0.15, -0.1) is 11.3 Å². The Morgan fingerprint density at radius 2 is 2.15 bits per heavy atom. The first-order valence-corrected chi connectivity index (χ1v) is 6.03. The van der Waals surface area contributed by atoms with Crippen molar-refractivity contribution >= 4 is 49.0 Å². The molecule has 1 aromatic heterocycles. The lowest BCUT2D eigenvalue weighted by molar-refractivity contribution is 0.0957. The highest BCUT2D eigenvalue weighted by molar-refractivity contribution is 9.12. The van der Waals surface area contributed by atoms with E-state index in [1.54, 1.807) is 0 Å². The number of hydrogen-bond acceptors (Lipinski definition) is 3. The Kier molecular flexibility index (Phi) is 4.09. The van der Waals surface area contributed by atoms with Crippen LogP contribution in [0.2, 0.25) is 0 Å². The molecule has 0 aliphatic carbocycles. The van der Waals surface area contributed by atoms with Crippen LogP contribution < -0.4 is 0 Å². The molecular weight excluding hydrogens is 318 g/mol. The molecule has 5 heteroatoms. The molecule has 1 aromatic rings. The molecule has 0 unspecified atom stereocenters. The van der Waals surface area contributed by atoms with Crippen molar-refractivity contribution in [3.05, 3.63) is 19.2 Å². The number of carbonyl (C=O) groups is 1. The quantitative estimate of drug-likeness (QED) is 0.796. The molecule has 0 aromatic carbocycles. The number of thiophene rings is 1. The topological polar surface area (TPSA) is 20.3 Å². The van der Waals surface area contributed by atoms with Crippen LogP contribution in [0.1, 0.15) is 10.4 Å². The normalized spacial score (nSPS) is 10.8. The summed E-state index contributed by atoms with van der Waals surface area (Å²) in [6.07, 6.45) is 0. The zero-order valence-corrected chi connectivity index (χ0v) is 11.3. The third-order valence-corrected chi connectivity index (χ3v) is 3.76. The Labute approximate surface area is 98.2 Å². The van der Waals surface area contributed by atoms with Crippen LogP contribution in [-0.2, 0) is 0 Å². The second-order valence-corrected chi connectivity index (χ2v) is 6.65. The second-order valence-electron chi connectivity index (χ2n) is 2.90. The summed E-state index contributed by atoms with van der Waals surface area (Å²) < 4.78 is 1.87. The first-order valence-electron chi connectivity index (χ1n) is 3.63. The molecule has 0 radical (unpaired) electrons. The van der Waals surface area contributed by atoms with Gasteiger partial charge in [0.15, 0.2) is 5.78 Å². The maximum atomic E-state index is 11.6. The Morgan fingerprint density at radius 3 is 2.54 bits per heavy atom. The van der Waals surface area contributed by atoms with Crippen LogP contribution in [0.4, 0.5) is 0 Å². The van der Waals surface area contributed by atoms with Crippen molar-refractivity contribution in [1.29, 1.82) is 0 Å². The lowest BCUT2D eigenvalue weighted by Gasteiger charge is -2.06. The summed E-state index contributed by atoms with van der Waals surface area (Å²) in [5.41, 5.74) is 0.755. The fraction of sp³-hybridized carbons (Fsp3) is 0.375. The van der Waals surface area contributed by atoms with Crippen LogP contribution in [0.5, 0.6) is 0 Å². The van der Waals surface area contributed by atoms with Gasteiger partial charge in [-0.3, -0.25) is 4.79 Å². The summed E-state index contributed by atoms with van der Waals surface area (Å²) in [5.74, 6) is 0.138. The molecule has 0 N–H and O–H groups in total. The molecule has 72 valence electrons. The van der Waals surface area contributed by atoms with Crippen LogP contribution in [0.15, 0.2) is 13.6 Å². The van der Waals surface area contributed by atoms with Gasteiger partial charge in [0.2, 0.25) is 0 Å². The third-order valence-electron chi connectivity index (χ3n) is 1.42. The fourth-order valence-electron chi connectivity index (χ4n) is 0.903. The minimum absolute atomic E-state index is 0.138. The molecule has 1 heterocycles. The van der Waals surface area contributed by atoms with Crippen molar-refractivity contribution in [2.45, 2.75) is 0 Å². The number of hydrogen-bond donors (Lipinski definition) is 0.